The van der Waals surface area contributed by atoms with E-state index in [0.717, 1.165) is 48.6 Å². The molecule has 3 aromatic rings. The molecule has 1 aliphatic heterocycles. The first-order valence-corrected chi connectivity index (χ1v) is 10.9. The van der Waals surface area contributed by atoms with Gasteiger partial charge in [0.15, 0.2) is 11.0 Å². The van der Waals surface area contributed by atoms with Crippen molar-refractivity contribution in [2.75, 3.05) is 18.0 Å². The molecular formula is C19H24N6O2S. The molecule has 4 heterocycles. The lowest BCUT2D eigenvalue weighted by Gasteiger charge is -2.27. The monoisotopic (exact) mass is 400 g/mol. The molecule has 1 saturated heterocycles. The third-order valence-corrected chi connectivity index (χ3v) is 6.33. The topological polar surface area (TPSA) is 86.0 Å². The fraction of sp³-hybridized carbons (Fsp3) is 0.579. The van der Waals surface area contributed by atoms with Crippen molar-refractivity contribution in [3.05, 3.63) is 35.9 Å². The van der Waals surface area contributed by atoms with E-state index >= 15 is 0 Å². The van der Waals surface area contributed by atoms with Crippen LogP contribution < -0.4 is 4.90 Å². The van der Waals surface area contributed by atoms with Crippen molar-refractivity contribution in [2.24, 2.45) is 0 Å². The van der Waals surface area contributed by atoms with Crippen LogP contribution in [0.15, 0.2) is 32.5 Å². The molecule has 0 radical (unpaired) electrons. The van der Waals surface area contributed by atoms with E-state index in [9.17, 15) is 0 Å². The Bertz CT molecular complexity index is 911. The highest BCUT2D eigenvalue weighted by atomic mass is 32.2. The molecule has 2 aliphatic rings. The molecule has 148 valence electrons. The molecule has 0 amide bonds. The van der Waals surface area contributed by atoms with Crippen LogP contribution in [0.5, 0.6) is 0 Å². The summed E-state index contributed by atoms with van der Waals surface area (Å²) >= 11 is 1.60. The third kappa shape index (κ3) is 3.67. The minimum Gasteiger partial charge on any atom is -0.467 e. The van der Waals surface area contributed by atoms with Crippen LogP contribution in [0.1, 0.15) is 67.7 Å². The maximum Gasteiger partial charge on any atom is 0.239 e. The smallest absolute Gasteiger partial charge is 0.239 e. The van der Waals surface area contributed by atoms with Crippen LogP contribution in [0.2, 0.25) is 0 Å². The predicted molar refractivity (Wildman–Crippen MR) is 104 cm³/mol. The minimum absolute atomic E-state index is 0.00811. The van der Waals surface area contributed by atoms with Gasteiger partial charge in [-0.1, -0.05) is 16.9 Å². The Morgan fingerprint density at radius 1 is 1.21 bits per heavy atom. The van der Waals surface area contributed by atoms with Gasteiger partial charge in [-0.2, -0.15) is 4.98 Å². The second kappa shape index (κ2) is 7.62. The first-order valence-electron chi connectivity index (χ1n) is 9.98. The molecule has 0 bridgehead atoms. The SMILES string of the molecule is CC(Sc1nnc(N2CCCCC2)n1Cc1ccco1)c1nc(C2CC2)no1. The van der Waals surface area contributed by atoms with Crippen LogP contribution in [0, 0.1) is 0 Å². The molecule has 0 aromatic carbocycles. The molecule has 8 nitrogen and oxygen atoms in total. The van der Waals surface area contributed by atoms with E-state index in [1.807, 2.05) is 12.1 Å². The van der Waals surface area contributed by atoms with E-state index < -0.39 is 0 Å². The summed E-state index contributed by atoms with van der Waals surface area (Å²) in [6, 6.07) is 3.89. The maximum absolute atomic E-state index is 5.59. The Kier molecular flexibility index (Phi) is 4.84. The van der Waals surface area contributed by atoms with Crippen LogP contribution in [-0.2, 0) is 6.54 Å². The van der Waals surface area contributed by atoms with Crippen molar-refractivity contribution in [3.63, 3.8) is 0 Å². The predicted octanol–water partition coefficient (Wildman–Crippen LogP) is 4.02. The number of thioether (sulfide) groups is 1. The molecule has 5 rings (SSSR count). The van der Waals surface area contributed by atoms with Gasteiger partial charge < -0.3 is 13.8 Å². The summed E-state index contributed by atoms with van der Waals surface area (Å²) in [4.78, 5) is 6.91. The van der Waals surface area contributed by atoms with Gasteiger partial charge in [-0.3, -0.25) is 4.57 Å². The zero-order valence-electron chi connectivity index (χ0n) is 16.0. The van der Waals surface area contributed by atoms with Crippen molar-refractivity contribution in [1.82, 2.24) is 24.9 Å². The van der Waals surface area contributed by atoms with Gasteiger partial charge in [0.25, 0.3) is 0 Å². The maximum atomic E-state index is 5.59. The van der Waals surface area contributed by atoms with Crippen molar-refractivity contribution in [1.29, 1.82) is 0 Å². The normalized spacial score (nSPS) is 18.5. The fourth-order valence-electron chi connectivity index (χ4n) is 3.52. The summed E-state index contributed by atoms with van der Waals surface area (Å²) in [5.74, 6) is 3.78. The molecule has 1 aliphatic carbocycles. The van der Waals surface area contributed by atoms with E-state index in [0.29, 0.717) is 18.4 Å². The van der Waals surface area contributed by atoms with Gasteiger partial charge in [0, 0.05) is 19.0 Å². The minimum atomic E-state index is 0.00811. The Morgan fingerprint density at radius 3 is 2.82 bits per heavy atom. The van der Waals surface area contributed by atoms with Gasteiger partial charge in [0.05, 0.1) is 18.1 Å². The third-order valence-electron chi connectivity index (χ3n) is 5.26. The average Bonchev–Trinajstić information content (AvgIpc) is 3.12. The molecular weight excluding hydrogens is 376 g/mol. The number of aromatic nitrogens is 5. The number of nitrogens with zero attached hydrogens (tertiary/aromatic N) is 6. The largest absolute Gasteiger partial charge is 0.467 e. The Balaban J connectivity index is 1.39. The fourth-order valence-corrected chi connectivity index (χ4v) is 4.40. The highest BCUT2D eigenvalue weighted by Crippen LogP contribution is 2.40. The lowest BCUT2D eigenvalue weighted by atomic mass is 10.1. The molecule has 9 heteroatoms. The molecule has 2 fully saturated rings. The summed E-state index contributed by atoms with van der Waals surface area (Å²) < 4.78 is 13.2. The molecule has 3 aromatic heterocycles. The Morgan fingerprint density at radius 2 is 2.07 bits per heavy atom. The van der Waals surface area contributed by atoms with Crippen molar-refractivity contribution >= 4 is 17.7 Å². The highest BCUT2D eigenvalue weighted by Gasteiger charge is 2.30. The van der Waals surface area contributed by atoms with Crippen molar-refractivity contribution in [2.45, 2.75) is 61.9 Å². The number of hydrogen-bond acceptors (Lipinski definition) is 8. The molecule has 1 unspecified atom stereocenters. The summed E-state index contributed by atoms with van der Waals surface area (Å²) in [7, 11) is 0. The zero-order chi connectivity index (χ0) is 18.9. The van der Waals surface area contributed by atoms with Gasteiger partial charge in [-0.25, -0.2) is 0 Å². The van der Waals surface area contributed by atoms with Gasteiger partial charge in [0.1, 0.15) is 5.76 Å². The molecule has 1 saturated carbocycles. The molecule has 0 spiro atoms. The quantitative estimate of drug-likeness (QED) is 0.550. The number of anilines is 1. The van der Waals surface area contributed by atoms with E-state index in [1.165, 1.54) is 19.3 Å². The van der Waals surface area contributed by atoms with Gasteiger partial charge >= 0.3 is 0 Å². The van der Waals surface area contributed by atoms with Crippen LogP contribution in [0.4, 0.5) is 5.95 Å². The molecule has 1 atom stereocenters. The average molecular weight is 401 g/mol. The standard InChI is InChI=1S/C19H24N6O2S/c1-13(17-20-16(23-27-17)14-7-8-14)28-19-22-21-18(24-9-3-2-4-10-24)25(19)12-15-6-5-11-26-15/h5-6,11,13-14H,2-4,7-10,12H2,1H3. The summed E-state index contributed by atoms with van der Waals surface area (Å²) in [6.45, 7) is 4.72. The summed E-state index contributed by atoms with van der Waals surface area (Å²) in [5.41, 5.74) is 0. The van der Waals surface area contributed by atoms with Crippen molar-refractivity contribution < 1.29 is 8.94 Å². The number of piperidine rings is 1. The molecule has 28 heavy (non-hydrogen) atoms. The van der Waals surface area contributed by atoms with E-state index in [-0.39, 0.29) is 5.25 Å². The highest BCUT2D eigenvalue weighted by molar-refractivity contribution is 7.99. The van der Waals surface area contributed by atoms with E-state index in [4.69, 9.17) is 8.94 Å². The van der Waals surface area contributed by atoms with E-state index in [2.05, 4.69) is 36.7 Å². The number of furan rings is 1. The number of rotatable bonds is 7. The lowest BCUT2D eigenvalue weighted by molar-refractivity contribution is 0.374. The second-order valence-corrected chi connectivity index (χ2v) is 8.83. The Labute approximate surface area is 167 Å². The van der Waals surface area contributed by atoms with Gasteiger partial charge in [-0.15, -0.1) is 10.2 Å². The first-order chi connectivity index (χ1) is 13.8. The van der Waals surface area contributed by atoms with Gasteiger partial charge in [-0.05, 0) is 51.2 Å². The number of hydrogen-bond donors (Lipinski definition) is 0. The first kappa shape index (κ1) is 17.8. The summed E-state index contributed by atoms with van der Waals surface area (Å²) in [6.07, 6.45) is 7.70. The van der Waals surface area contributed by atoms with Crippen LogP contribution in [-0.4, -0.2) is 38.0 Å². The van der Waals surface area contributed by atoms with Crippen LogP contribution in [0.3, 0.4) is 0 Å². The van der Waals surface area contributed by atoms with Crippen LogP contribution in [0.25, 0.3) is 0 Å². The van der Waals surface area contributed by atoms with E-state index in [1.54, 1.807) is 18.0 Å². The second-order valence-electron chi connectivity index (χ2n) is 7.52. The zero-order valence-corrected chi connectivity index (χ0v) is 16.8. The lowest BCUT2D eigenvalue weighted by Crippen LogP contribution is -2.32. The van der Waals surface area contributed by atoms with Crippen molar-refractivity contribution in [3.8, 4) is 0 Å². The van der Waals surface area contributed by atoms with Gasteiger partial charge in [0.2, 0.25) is 11.8 Å². The van der Waals surface area contributed by atoms with Crippen LogP contribution >= 0.6 is 11.8 Å². The molecule has 0 N–H and O–H groups in total. The summed E-state index contributed by atoms with van der Waals surface area (Å²) in [5, 5.41) is 14.0. The Hall–Kier alpha value is -2.29.